The van der Waals surface area contributed by atoms with Gasteiger partial charge >= 0.3 is 0 Å². The van der Waals surface area contributed by atoms with Crippen LogP contribution in [0.25, 0.3) is 10.1 Å². The molecule has 0 aliphatic carbocycles. The van der Waals surface area contributed by atoms with E-state index < -0.39 is 0 Å². The summed E-state index contributed by atoms with van der Waals surface area (Å²) >= 11 is 1.67. The van der Waals surface area contributed by atoms with Gasteiger partial charge in [-0.05, 0) is 29.7 Å². The highest BCUT2D eigenvalue weighted by Gasteiger charge is 1.99. The van der Waals surface area contributed by atoms with E-state index in [1.165, 1.54) is 10.1 Å². The van der Waals surface area contributed by atoms with Gasteiger partial charge in [0.25, 0.3) is 0 Å². The summed E-state index contributed by atoms with van der Waals surface area (Å²) in [5, 5.41) is 9.20. The third-order valence-electron chi connectivity index (χ3n) is 2.72. The van der Waals surface area contributed by atoms with Crippen LogP contribution in [0.1, 0.15) is 10.6 Å². The summed E-state index contributed by atoms with van der Waals surface area (Å²) in [5.74, 6) is 0.308. The smallest absolute Gasteiger partial charge is 0.171 e. The zero-order chi connectivity index (χ0) is 13.8. The number of benzene rings is 1. The first-order valence-electron chi connectivity index (χ1n) is 6.09. The van der Waals surface area contributed by atoms with Crippen LogP contribution in [-0.4, -0.2) is 17.0 Å². The molecule has 4 nitrogen and oxygen atoms in total. The number of hydrogen-bond acceptors (Lipinski definition) is 4. The van der Waals surface area contributed by atoms with Gasteiger partial charge in [-0.2, -0.15) is 5.10 Å². The van der Waals surface area contributed by atoms with Gasteiger partial charge in [-0.15, -0.1) is 16.4 Å². The van der Waals surface area contributed by atoms with Crippen LogP contribution in [-0.2, 0) is 0 Å². The average Bonchev–Trinajstić information content (AvgIpc) is 2.90. The second-order valence-corrected chi connectivity index (χ2v) is 5.25. The number of thiophene rings is 1. The lowest BCUT2D eigenvalue weighted by Gasteiger charge is -1.94. The van der Waals surface area contributed by atoms with Gasteiger partial charge in [0.2, 0.25) is 0 Å². The van der Waals surface area contributed by atoms with Crippen molar-refractivity contribution in [3.8, 4) is 0 Å². The van der Waals surface area contributed by atoms with Crippen molar-refractivity contribution in [1.82, 2.24) is 4.98 Å². The molecule has 98 valence electrons. The molecule has 2 heterocycles. The highest BCUT2D eigenvalue weighted by Crippen LogP contribution is 2.23. The average molecular weight is 280 g/mol. The van der Waals surface area contributed by atoms with Crippen LogP contribution in [0.3, 0.4) is 0 Å². The van der Waals surface area contributed by atoms with E-state index in [1.54, 1.807) is 29.8 Å². The van der Waals surface area contributed by atoms with Crippen molar-refractivity contribution >= 4 is 33.5 Å². The lowest BCUT2D eigenvalue weighted by Crippen LogP contribution is -2.14. The Morgan fingerprint density at radius 1 is 1.15 bits per heavy atom. The fraction of sp³-hybridized carbons (Fsp3) is 0. The molecule has 0 saturated carbocycles. The van der Waals surface area contributed by atoms with Gasteiger partial charge in [-0.3, -0.25) is 4.98 Å². The van der Waals surface area contributed by atoms with Gasteiger partial charge in [0.1, 0.15) is 5.69 Å². The number of aromatic nitrogens is 1. The van der Waals surface area contributed by atoms with E-state index in [9.17, 15) is 0 Å². The Morgan fingerprint density at radius 2 is 2.00 bits per heavy atom. The van der Waals surface area contributed by atoms with Crippen molar-refractivity contribution in [3.05, 3.63) is 65.3 Å². The molecule has 0 aliphatic heterocycles. The van der Waals surface area contributed by atoms with Crippen LogP contribution in [0, 0.1) is 0 Å². The number of nitrogens with zero attached hydrogens (tertiary/aromatic N) is 3. The molecule has 3 aromatic rings. The van der Waals surface area contributed by atoms with Gasteiger partial charge < -0.3 is 5.73 Å². The van der Waals surface area contributed by atoms with Crippen LogP contribution < -0.4 is 5.73 Å². The molecular formula is C15H12N4S. The normalized spacial score (nSPS) is 12.3. The van der Waals surface area contributed by atoms with Gasteiger partial charge in [0.15, 0.2) is 5.84 Å². The molecular weight excluding hydrogens is 268 g/mol. The predicted octanol–water partition coefficient (Wildman–Crippen LogP) is 3.04. The maximum absolute atomic E-state index is 5.81. The molecule has 0 amide bonds. The van der Waals surface area contributed by atoms with E-state index in [-0.39, 0.29) is 0 Å². The highest BCUT2D eigenvalue weighted by atomic mass is 32.1. The van der Waals surface area contributed by atoms with Crippen molar-refractivity contribution in [2.75, 3.05) is 0 Å². The van der Waals surface area contributed by atoms with Crippen LogP contribution in [0.2, 0.25) is 0 Å². The molecule has 2 N–H and O–H groups in total. The van der Waals surface area contributed by atoms with Gasteiger partial charge in [0.05, 0.1) is 6.21 Å². The Balaban J connectivity index is 1.80. The van der Waals surface area contributed by atoms with E-state index in [4.69, 9.17) is 5.73 Å². The SMILES string of the molecule is N/C(=N\N=C\c1cc2ccccc2s1)c1ccccn1. The molecule has 0 saturated heterocycles. The standard InChI is InChI=1S/C15H12N4S/c16-15(13-6-3-4-8-17-13)19-18-10-12-9-11-5-1-2-7-14(11)20-12/h1-10H,(H2,16,19)/b18-10+. The quantitative estimate of drug-likeness (QED) is 0.455. The summed E-state index contributed by atoms with van der Waals surface area (Å²) in [6.45, 7) is 0. The molecule has 0 radical (unpaired) electrons. The molecule has 0 spiro atoms. The van der Waals surface area contributed by atoms with E-state index in [0.717, 1.165) is 4.88 Å². The fourth-order valence-corrected chi connectivity index (χ4v) is 2.71. The summed E-state index contributed by atoms with van der Waals surface area (Å²) in [5.41, 5.74) is 6.44. The molecule has 1 aromatic carbocycles. The lowest BCUT2D eigenvalue weighted by molar-refractivity contribution is 1.20. The number of hydrogen-bond donors (Lipinski definition) is 1. The Kier molecular flexibility index (Phi) is 3.52. The zero-order valence-corrected chi connectivity index (χ0v) is 11.4. The predicted molar refractivity (Wildman–Crippen MR) is 84.4 cm³/mol. The minimum atomic E-state index is 0.308. The number of nitrogens with two attached hydrogens (primary N) is 1. The first-order chi connectivity index (χ1) is 9.83. The van der Waals surface area contributed by atoms with Crippen LogP contribution in [0.5, 0.6) is 0 Å². The topological polar surface area (TPSA) is 63.6 Å². The molecule has 0 aliphatic rings. The van der Waals surface area contributed by atoms with Crippen LogP contribution in [0.15, 0.2) is 64.9 Å². The number of pyridine rings is 1. The van der Waals surface area contributed by atoms with Crippen molar-refractivity contribution in [3.63, 3.8) is 0 Å². The summed E-state index contributed by atoms with van der Waals surface area (Å²) in [4.78, 5) is 5.16. The van der Waals surface area contributed by atoms with Crippen molar-refractivity contribution < 1.29 is 0 Å². The number of amidine groups is 1. The molecule has 0 unspecified atom stereocenters. The minimum Gasteiger partial charge on any atom is -0.380 e. The number of rotatable bonds is 3. The minimum absolute atomic E-state index is 0.308. The van der Waals surface area contributed by atoms with Gasteiger partial charge in [-0.1, -0.05) is 24.3 Å². The van der Waals surface area contributed by atoms with Crippen LogP contribution in [0.4, 0.5) is 0 Å². The molecule has 0 fully saturated rings. The van der Waals surface area contributed by atoms with Crippen LogP contribution >= 0.6 is 11.3 Å². The van der Waals surface area contributed by atoms with E-state index >= 15 is 0 Å². The lowest BCUT2D eigenvalue weighted by atomic mass is 10.2. The van der Waals surface area contributed by atoms with Crippen molar-refractivity contribution in [1.29, 1.82) is 0 Å². The third kappa shape index (κ3) is 2.73. The Bertz CT molecular complexity index is 742. The van der Waals surface area contributed by atoms with E-state index in [0.29, 0.717) is 11.5 Å². The third-order valence-corrected chi connectivity index (χ3v) is 3.77. The molecule has 0 bridgehead atoms. The second-order valence-electron chi connectivity index (χ2n) is 4.13. The molecule has 3 rings (SSSR count). The second kappa shape index (κ2) is 5.63. The maximum Gasteiger partial charge on any atom is 0.171 e. The summed E-state index contributed by atoms with van der Waals surface area (Å²) < 4.78 is 1.23. The first kappa shape index (κ1) is 12.5. The molecule has 2 aromatic heterocycles. The number of fused-ring (bicyclic) bond motifs is 1. The molecule has 5 heteroatoms. The Hall–Kier alpha value is -2.53. The van der Waals surface area contributed by atoms with Crippen molar-refractivity contribution in [2.24, 2.45) is 15.9 Å². The van der Waals surface area contributed by atoms with Crippen molar-refractivity contribution in [2.45, 2.75) is 0 Å². The zero-order valence-electron chi connectivity index (χ0n) is 10.6. The molecule has 0 atom stereocenters. The largest absolute Gasteiger partial charge is 0.380 e. The first-order valence-corrected chi connectivity index (χ1v) is 6.91. The Morgan fingerprint density at radius 3 is 2.80 bits per heavy atom. The highest BCUT2D eigenvalue weighted by molar-refractivity contribution is 7.20. The monoisotopic (exact) mass is 280 g/mol. The van der Waals surface area contributed by atoms with E-state index in [2.05, 4.69) is 33.4 Å². The summed E-state index contributed by atoms with van der Waals surface area (Å²) in [7, 11) is 0. The maximum atomic E-state index is 5.81. The Labute approximate surface area is 120 Å². The summed E-state index contributed by atoms with van der Waals surface area (Å²) in [6.07, 6.45) is 3.38. The van der Waals surface area contributed by atoms with Gasteiger partial charge in [0, 0.05) is 15.8 Å². The van der Waals surface area contributed by atoms with Gasteiger partial charge in [-0.25, -0.2) is 0 Å². The fourth-order valence-electron chi connectivity index (χ4n) is 1.78. The van der Waals surface area contributed by atoms with E-state index in [1.807, 2.05) is 24.3 Å². The molecule has 20 heavy (non-hydrogen) atoms. The summed E-state index contributed by atoms with van der Waals surface area (Å²) in [6, 6.07) is 15.8.